The van der Waals surface area contributed by atoms with Crippen LogP contribution >= 0.6 is 0 Å². The summed E-state index contributed by atoms with van der Waals surface area (Å²) < 4.78 is 30.4. The Morgan fingerprint density at radius 2 is 0.605 bits per heavy atom. The van der Waals surface area contributed by atoms with Crippen LogP contribution in [-0.4, -0.2) is 161 Å². The van der Waals surface area contributed by atoms with Gasteiger partial charge >= 0.3 is 0 Å². The summed E-state index contributed by atoms with van der Waals surface area (Å²) in [6.45, 7) is 12.2. The Kier molecular flexibility index (Phi) is 24.5. The maximum absolute atomic E-state index is 9.53. The van der Waals surface area contributed by atoms with E-state index < -0.39 is 73.8 Å². The van der Waals surface area contributed by atoms with Gasteiger partial charge in [-0.15, -0.1) is 0 Å². The van der Waals surface area contributed by atoms with Crippen molar-refractivity contribution in [2.24, 2.45) is 17.8 Å². The predicted molar refractivity (Wildman–Crippen MR) is 154 cm³/mol. The minimum absolute atomic E-state index is 0.303. The summed E-state index contributed by atoms with van der Waals surface area (Å²) in [6, 6.07) is 0. The zero-order valence-corrected chi connectivity index (χ0v) is 27.3. The second kappa shape index (κ2) is 23.7. The first-order chi connectivity index (χ1) is 20.3. The lowest BCUT2D eigenvalue weighted by atomic mass is 9.93. The molecule has 0 aromatic heterocycles. The van der Waals surface area contributed by atoms with E-state index in [1.165, 1.54) is 21.3 Å². The van der Waals surface area contributed by atoms with E-state index in [1.54, 1.807) is 20.8 Å². The molecule has 0 bridgehead atoms. The van der Waals surface area contributed by atoms with Crippen LogP contribution in [0.25, 0.3) is 0 Å². The standard InChI is InChI=1S/3C8H16O5.2C2H6/c3*1-4-6(10)7(11)5(3-9)13-8(4)12-2;2*1-2/h3*4-11H,3H2,1-2H3;2*1-2H3. The van der Waals surface area contributed by atoms with Crippen molar-refractivity contribution >= 4 is 0 Å². The molecule has 0 aromatic rings. The zero-order valence-electron chi connectivity index (χ0n) is 27.3. The van der Waals surface area contributed by atoms with Crippen molar-refractivity contribution in [3.8, 4) is 0 Å². The first kappa shape index (κ1) is 44.5. The monoisotopic (exact) mass is 636 g/mol. The second-order valence-corrected chi connectivity index (χ2v) is 9.90. The summed E-state index contributed by atoms with van der Waals surface area (Å²) in [4.78, 5) is 0. The summed E-state index contributed by atoms with van der Waals surface area (Å²) in [5.74, 6) is -0.909. The van der Waals surface area contributed by atoms with Gasteiger partial charge in [-0.1, -0.05) is 48.5 Å². The molecule has 43 heavy (non-hydrogen) atoms. The number of rotatable bonds is 6. The molecule has 15 unspecified atom stereocenters. The second-order valence-electron chi connectivity index (χ2n) is 9.90. The van der Waals surface area contributed by atoms with Crippen LogP contribution in [0.5, 0.6) is 0 Å². The molecule has 15 atom stereocenters. The zero-order chi connectivity index (χ0) is 34.0. The van der Waals surface area contributed by atoms with Gasteiger partial charge in [0.15, 0.2) is 18.9 Å². The van der Waals surface area contributed by atoms with E-state index >= 15 is 0 Å². The summed E-state index contributed by atoms with van der Waals surface area (Å²) in [5, 5.41) is 83.4. The Labute approximate surface area is 255 Å². The van der Waals surface area contributed by atoms with Crippen LogP contribution < -0.4 is 0 Å². The average molecular weight is 637 g/mol. The molecule has 262 valence electrons. The van der Waals surface area contributed by atoms with Crippen molar-refractivity contribution in [1.82, 2.24) is 0 Å². The minimum atomic E-state index is -1.05. The Morgan fingerprint density at radius 3 is 0.744 bits per heavy atom. The van der Waals surface area contributed by atoms with Crippen LogP contribution in [0.1, 0.15) is 48.5 Å². The van der Waals surface area contributed by atoms with Gasteiger partial charge < -0.3 is 74.4 Å². The lowest BCUT2D eigenvalue weighted by Gasteiger charge is -2.40. The van der Waals surface area contributed by atoms with Crippen molar-refractivity contribution < 1.29 is 74.4 Å². The third-order valence-corrected chi connectivity index (χ3v) is 7.26. The molecule has 3 saturated heterocycles. The fourth-order valence-corrected chi connectivity index (χ4v) is 4.47. The van der Waals surface area contributed by atoms with Gasteiger partial charge in [-0.2, -0.15) is 0 Å². The first-order valence-electron chi connectivity index (χ1n) is 14.8. The van der Waals surface area contributed by atoms with E-state index in [0.717, 1.165) is 0 Å². The van der Waals surface area contributed by atoms with Crippen LogP contribution in [0.3, 0.4) is 0 Å². The molecule has 3 rings (SSSR count). The fourth-order valence-electron chi connectivity index (χ4n) is 4.47. The molecule has 9 N–H and O–H groups in total. The molecule has 3 heterocycles. The van der Waals surface area contributed by atoms with Gasteiger partial charge in [-0.3, -0.25) is 0 Å². The van der Waals surface area contributed by atoms with E-state index in [1.807, 2.05) is 27.7 Å². The normalized spacial score (nSPS) is 42.3. The molecule has 3 aliphatic heterocycles. The van der Waals surface area contributed by atoms with Gasteiger partial charge in [-0.25, -0.2) is 0 Å². The molecule has 15 heteroatoms. The fraction of sp³-hybridized carbons (Fsp3) is 1.00. The maximum Gasteiger partial charge on any atom is 0.162 e. The maximum atomic E-state index is 9.53. The number of methoxy groups -OCH3 is 3. The molecule has 15 nitrogen and oxygen atoms in total. The van der Waals surface area contributed by atoms with Crippen LogP contribution in [0, 0.1) is 17.8 Å². The Hall–Kier alpha value is -0.600. The quantitative estimate of drug-likeness (QED) is 0.156. The molecule has 0 saturated carbocycles. The van der Waals surface area contributed by atoms with Crippen molar-refractivity contribution in [2.45, 2.75) is 122 Å². The van der Waals surface area contributed by atoms with Crippen molar-refractivity contribution in [3.63, 3.8) is 0 Å². The summed E-state index contributed by atoms with van der Waals surface area (Å²) in [6.07, 6.45) is -9.93. The molecular formula is C28H60O15. The smallest absolute Gasteiger partial charge is 0.162 e. The van der Waals surface area contributed by atoms with Crippen LogP contribution in [-0.2, 0) is 28.4 Å². The number of aliphatic hydroxyl groups is 9. The van der Waals surface area contributed by atoms with Gasteiger partial charge in [0, 0.05) is 39.1 Å². The van der Waals surface area contributed by atoms with Crippen molar-refractivity contribution in [2.75, 3.05) is 41.2 Å². The Morgan fingerprint density at radius 1 is 0.419 bits per heavy atom. The number of aliphatic hydroxyl groups excluding tert-OH is 9. The predicted octanol–water partition coefficient (Wildman–Crippen LogP) is -1.82. The van der Waals surface area contributed by atoms with Gasteiger partial charge in [0.05, 0.1) is 38.1 Å². The van der Waals surface area contributed by atoms with Gasteiger partial charge in [0.1, 0.15) is 36.6 Å². The van der Waals surface area contributed by atoms with E-state index in [2.05, 4.69) is 0 Å². The molecule has 0 radical (unpaired) electrons. The molecule has 3 aliphatic rings. The number of hydrogen-bond donors (Lipinski definition) is 9. The molecular weight excluding hydrogens is 576 g/mol. The van der Waals surface area contributed by atoms with E-state index in [4.69, 9.17) is 43.7 Å². The minimum Gasteiger partial charge on any atom is -0.394 e. The van der Waals surface area contributed by atoms with Crippen molar-refractivity contribution in [1.29, 1.82) is 0 Å². The molecule has 0 aliphatic carbocycles. The van der Waals surface area contributed by atoms with Gasteiger partial charge in [0.25, 0.3) is 0 Å². The van der Waals surface area contributed by atoms with Gasteiger partial charge in [0.2, 0.25) is 0 Å². The highest BCUT2D eigenvalue weighted by Crippen LogP contribution is 2.27. The third-order valence-electron chi connectivity index (χ3n) is 7.26. The van der Waals surface area contributed by atoms with Crippen LogP contribution in [0.4, 0.5) is 0 Å². The summed E-state index contributed by atoms with van der Waals surface area (Å²) in [5.41, 5.74) is 0. The summed E-state index contributed by atoms with van der Waals surface area (Å²) >= 11 is 0. The Bertz CT molecular complexity index is 516. The number of ether oxygens (including phenoxy) is 6. The SMILES string of the molecule is CC.CC.COC1OC(CO)C(O)C(O)C1C.COC1OC(CO)C(O)C(O)C1C.COC1OC(CO)C(O)C(O)C1C. The highest BCUT2D eigenvalue weighted by Gasteiger charge is 2.43. The topological polar surface area (TPSA) is 237 Å². The third kappa shape index (κ3) is 12.6. The molecule has 0 spiro atoms. The van der Waals surface area contributed by atoms with Gasteiger partial charge in [-0.05, 0) is 0 Å². The van der Waals surface area contributed by atoms with E-state index in [0.29, 0.717) is 0 Å². The lowest BCUT2D eigenvalue weighted by molar-refractivity contribution is -0.274. The molecule has 0 amide bonds. The first-order valence-corrected chi connectivity index (χ1v) is 14.8. The largest absolute Gasteiger partial charge is 0.394 e. The average Bonchev–Trinajstić information content (AvgIpc) is 3.04. The van der Waals surface area contributed by atoms with E-state index in [-0.39, 0.29) is 37.6 Å². The number of hydrogen-bond acceptors (Lipinski definition) is 15. The molecule has 0 aromatic carbocycles. The van der Waals surface area contributed by atoms with Crippen LogP contribution in [0.2, 0.25) is 0 Å². The highest BCUT2D eigenvalue weighted by atomic mass is 16.7. The Balaban J connectivity index is 0. The molecule has 3 fully saturated rings. The van der Waals surface area contributed by atoms with Crippen molar-refractivity contribution in [3.05, 3.63) is 0 Å². The highest BCUT2D eigenvalue weighted by molar-refractivity contribution is 4.88. The lowest BCUT2D eigenvalue weighted by Crippen LogP contribution is -2.55. The summed E-state index contributed by atoms with van der Waals surface area (Å²) in [7, 11) is 4.38. The van der Waals surface area contributed by atoms with E-state index in [9.17, 15) is 30.6 Å². The van der Waals surface area contributed by atoms with Crippen LogP contribution in [0.15, 0.2) is 0 Å².